The molecule has 1 heterocycles. The SMILES string of the molecule is Fc1ccc(C/C=C2\CCCNCC2)cc1. The lowest BCUT2D eigenvalue weighted by molar-refractivity contribution is 0.627. The lowest BCUT2D eigenvalue weighted by Crippen LogP contribution is -2.13. The predicted molar refractivity (Wildman–Crippen MR) is 64.9 cm³/mol. The van der Waals surface area contributed by atoms with Crippen LogP contribution < -0.4 is 5.32 Å². The number of hydrogen-bond acceptors (Lipinski definition) is 1. The molecule has 1 N–H and O–H groups in total. The Balaban J connectivity index is 1.93. The normalized spacial score (nSPS) is 19.7. The Kier molecular flexibility index (Phi) is 4.11. The van der Waals surface area contributed by atoms with Crippen LogP contribution in [0.15, 0.2) is 35.9 Å². The fraction of sp³-hybridized carbons (Fsp3) is 0.429. The summed E-state index contributed by atoms with van der Waals surface area (Å²) in [6.45, 7) is 2.23. The smallest absolute Gasteiger partial charge is 0.123 e. The zero-order valence-corrected chi connectivity index (χ0v) is 9.51. The van der Waals surface area contributed by atoms with Crippen LogP contribution in [0, 0.1) is 5.82 Å². The molecule has 1 nitrogen and oxygen atoms in total. The van der Waals surface area contributed by atoms with Gasteiger partial charge in [-0.1, -0.05) is 23.8 Å². The molecule has 86 valence electrons. The second kappa shape index (κ2) is 5.80. The minimum atomic E-state index is -0.157. The summed E-state index contributed by atoms with van der Waals surface area (Å²) in [5.74, 6) is -0.157. The van der Waals surface area contributed by atoms with Crippen LogP contribution >= 0.6 is 0 Å². The van der Waals surface area contributed by atoms with Crippen molar-refractivity contribution in [2.24, 2.45) is 0 Å². The van der Waals surface area contributed by atoms with E-state index in [0.29, 0.717) is 0 Å². The lowest BCUT2D eigenvalue weighted by Gasteiger charge is -2.02. The van der Waals surface area contributed by atoms with Gasteiger partial charge in [0.05, 0.1) is 0 Å². The third kappa shape index (κ3) is 3.46. The van der Waals surface area contributed by atoms with E-state index < -0.39 is 0 Å². The average molecular weight is 219 g/mol. The van der Waals surface area contributed by atoms with Crippen LogP contribution in [-0.4, -0.2) is 13.1 Å². The highest BCUT2D eigenvalue weighted by molar-refractivity contribution is 5.20. The summed E-state index contributed by atoms with van der Waals surface area (Å²) >= 11 is 0. The number of rotatable bonds is 2. The molecule has 1 aliphatic heterocycles. The topological polar surface area (TPSA) is 12.0 Å². The zero-order valence-electron chi connectivity index (χ0n) is 9.51. The molecule has 0 spiro atoms. The van der Waals surface area contributed by atoms with Gasteiger partial charge in [0.2, 0.25) is 0 Å². The second-order valence-corrected chi connectivity index (χ2v) is 4.30. The number of halogens is 1. The molecule has 0 atom stereocenters. The number of nitrogens with one attached hydrogen (secondary N) is 1. The Morgan fingerprint density at radius 2 is 1.94 bits per heavy atom. The summed E-state index contributed by atoms with van der Waals surface area (Å²) in [5.41, 5.74) is 2.72. The van der Waals surface area contributed by atoms with E-state index in [1.54, 1.807) is 0 Å². The van der Waals surface area contributed by atoms with Gasteiger partial charge in [-0.25, -0.2) is 4.39 Å². The van der Waals surface area contributed by atoms with Crippen molar-refractivity contribution in [1.82, 2.24) is 5.32 Å². The van der Waals surface area contributed by atoms with Crippen molar-refractivity contribution in [3.05, 3.63) is 47.3 Å². The molecule has 2 rings (SSSR count). The Morgan fingerprint density at radius 3 is 2.75 bits per heavy atom. The third-order valence-electron chi connectivity index (χ3n) is 3.01. The van der Waals surface area contributed by atoms with Crippen LogP contribution in [0.4, 0.5) is 4.39 Å². The standard InChI is InChI=1S/C14H18FN/c15-14-7-5-13(6-8-14)4-3-12-2-1-10-16-11-9-12/h3,5-8,16H,1-2,4,9-11H2/b12-3+. The summed E-state index contributed by atoms with van der Waals surface area (Å²) in [6.07, 6.45) is 6.82. The monoisotopic (exact) mass is 219 g/mol. The van der Waals surface area contributed by atoms with Crippen molar-refractivity contribution in [3.8, 4) is 0 Å². The first-order valence-electron chi connectivity index (χ1n) is 5.98. The molecule has 1 saturated heterocycles. The van der Waals surface area contributed by atoms with Crippen LogP contribution in [0.3, 0.4) is 0 Å². The van der Waals surface area contributed by atoms with E-state index in [0.717, 1.165) is 25.9 Å². The van der Waals surface area contributed by atoms with Crippen molar-refractivity contribution in [3.63, 3.8) is 0 Å². The van der Waals surface area contributed by atoms with Gasteiger partial charge in [0.25, 0.3) is 0 Å². The van der Waals surface area contributed by atoms with E-state index in [-0.39, 0.29) is 5.82 Å². The molecular weight excluding hydrogens is 201 g/mol. The fourth-order valence-corrected chi connectivity index (χ4v) is 2.03. The second-order valence-electron chi connectivity index (χ2n) is 4.30. The predicted octanol–water partition coefficient (Wildman–Crippen LogP) is 3.07. The molecule has 0 amide bonds. The highest BCUT2D eigenvalue weighted by Crippen LogP contribution is 2.14. The molecule has 0 unspecified atom stereocenters. The molecule has 0 radical (unpaired) electrons. The zero-order chi connectivity index (χ0) is 11.2. The molecule has 2 heteroatoms. The number of allylic oxidation sites excluding steroid dienone is 1. The van der Waals surface area contributed by atoms with Gasteiger partial charge in [-0.15, -0.1) is 0 Å². The fourth-order valence-electron chi connectivity index (χ4n) is 2.03. The maximum absolute atomic E-state index is 12.7. The number of hydrogen-bond donors (Lipinski definition) is 1. The van der Waals surface area contributed by atoms with Gasteiger partial charge in [0.1, 0.15) is 5.82 Å². The minimum Gasteiger partial charge on any atom is -0.316 e. The molecule has 1 aromatic rings. The van der Waals surface area contributed by atoms with Crippen LogP contribution in [0.25, 0.3) is 0 Å². The quantitative estimate of drug-likeness (QED) is 0.754. The summed E-state index contributed by atoms with van der Waals surface area (Å²) in [5, 5.41) is 3.39. The molecule has 1 fully saturated rings. The van der Waals surface area contributed by atoms with Crippen molar-refractivity contribution < 1.29 is 4.39 Å². The van der Waals surface area contributed by atoms with E-state index in [9.17, 15) is 4.39 Å². The van der Waals surface area contributed by atoms with Gasteiger partial charge < -0.3 is 5.32 Å². The molecule has 16 heavy (non-hydrogen) atoms. The first kappa shape index (κ1) is 11.3. The van der Waals surface area contributed by atoms with E-state index in [1.165, 1.54) is 36.1 Å². The third-order valence-corrected chi connectivity index (χ3v) is 3.01. The van der Waals surface area contributed by atoms with Crippen LogP contribution in [0.2, 0.25) is 0 Å². The Morgan fingerprint density at radius 1 is 1.12 bits per heavy atom. The summed E-state index contributed by atoms with van der Waals surface area (Å²) < 4.78 is 12.7. The van der Waals surface area contributed by atoms with Gasteiger partial charge in [-0.05, 0) is 56.5 Å². The maximum atomic E-state index is 12.7. The first-order chi connectivity index (χ1) is 7.84. The van der Waals surface area contributed by atoms with Crippen LogP contribution in [-0.2, 0) is 6.42 Å². The molecule has 0 aliphatic carbocycles. The summed E-state index contributed by atoms with van der Waals surface area (Å²) in [6, 6.07) is 6.79. The molecule has 0 saturated carbocycles. The summed E-state index contributed by atoms with van der Waals surface area (Å²) in [4.78, 5) is 0. The Bertz CT molecular complexity index is 344. The Hall–Kier alpha value is -1.15. The van der Waals surface area contributed by atoms with E-state index >= 15 is 0 Å². The highest BCUT2D eigenvalue weighted by atomic mass is 19.1. The average Bonchev–Trinajstić information content (AvgIpc) is 2.57. The van der Waals surface area contributed by atoms with Gasteiger partial charge in [0, 0.05) is 0 Å². The highest BCUT2D eigenvalue weighted by Gasteiger charge is 2.02. The largest absolute Gasteiger partial charge is 0.316 e. The van der Waals surface area contributed by atoms with Crippen molar-refractivity contribution in [2.45, 2.75) is 25.7 Å². The number of benzene rings is 1. The van der Waals surface area contributed by atoms with Gasteiger partial charge in [-0.3, -0.25) is 0 Å². The van der Waals surface area contributed by atoms with E-state index in [4.69, 9.17) is 0 Å². The van der Waals surface area contributed by atoms with E-state index in [1.807, 2.05) is 12.1 Å². The minimum absolute atomic E-state index is 0.157. The molecule has 0 aromatic heterocycles. The van der Waals surface area contributed by atoms with Crippen molar-refractivity contribution >= 4 is 0 Å². The van der Waals surface area contributed by atoms with Crippen LogP contribution in [0.5, 0.6) is 0 Å². The van der Waals surface area contributed by atoms with Crippen molar-refractivity contribution in [1.29, 1.82) is 0 Å². The molecule has 1 aliphatic rings. The van der Waals surface area contributed by atoms with Gasteiger partial charge >= 0.3 is 0 Å². The lowest BCUT2D eigenvalue weighted by atomic mass is 10.0. The molecule has 1 aromatic carbocycles. The molecule has 0 bridgehead atoms. The van der Waals surface area contributed by atoms with Gasteiger partial charge in [-0.2, -0.15) is 0 Å². The van der Waals surface area contributed by atoms with Crippen LogP contribution in [0.1, 0.15) is 24.8 Å². The summed E-state index contributed by atoms with van der Waals surface area (Å²) in [7, 11) is 0. The van der Waals surface area contributed by atoms with E-state index in [2.05, 4.69) is 11.4 Å². The maximum Gasteiger partial charge on any atom is 0.123 e. The Labute approximate surface area is 96.4 Å². The first-order valence-corrected chi connectivity index (χ1v) is 5.98. The van der Waals surface area contributed by atoms with Gasteiger partial charge in [0.15, 0.2) is 0 Å². The van der Waals surface area contributed by atoms with Crippen molar-refractivity contribution in [2.75, 3.05) is 13.1 Å². The molecular formula is C14H18FN.